The predicted octanol–water partition coefficient (Wildman–Crippen LogP) is 1.46. The lowest BCUT2D eigenvalue weighted by atomic mass is 9.93. The van der Waals surface area contributed by atoms with Gasteiger partial charge in [-0.25, -0.2) is 0 Å². The Morgan fingerprint density at radius 3 is 2.73 bits per heavy atom. The highest BCUT2D eigenvalue weighted by Crippen LogP contribution is 2.17. The fourth-order valence-electron chi connectivity index (χ4n) is 1.84. The highest BCUT2D eigenvalue weighted by atomic mass is 16.1. The Labute approximate surface area is 92.3 Å². The molecule has 0 spiro atoms. The molecule has 86 valence electrons. The molecule has 0 atom stereocenters. The average Bonchev–Trinajstić information content (AvgIpc) is 2.25. The van der Waals surface area contributed by atoms with Crippen molar-refractivity contribution < 1.29 is 4.79 Å². The van der Waals surface area contributed by atoms with Crippen LogP contribution in [0, 0.1) is 5.92 Å². The number of hydrogen-bond acceptors (Lipinski definition) is 2. The van der Waals surface area contributed by atoms with Crippen molar-refractivity contribution in [3.8, 4) is 0 Å². The first-order valence-electron chi connectivity index (χ1n) is 5.80. The van der Waals surface area contributed by atoms with E-state index >= 15 is 0 Å². The lowest BCUT2D eigenvalue weighted by Gasteiger charge is -2.22. The fraction of sp³-hybridized carbons (Fsp3) is 0.750. The summed E-state index contributed by atoms with van der Waals surface area (Å²) in [6, 6.07) is 0. The summed E-state index contributed by atoms with van der Waals surface area (Å²) in [6.07, 6.45) is 4.13. The summed E-state index contributed by atoms with van der Waals surface area (Å²) in [5.41, 5.74) is 1.00. The molecule has 1 aliphatic rings. The Balaban J connectivity index is 2.07. The molecular weight excluding hydrogens is 188 g/mol. The Bertz CT molecular complexity index is 220. The number of rotatable bonds is 5. The van der Waals surface area contributed by atoms with Gasteiger partial charge in [0, 0.05) is 13.0 Å². The van der Waals surface area contributed by atoms with Gasteiger partial charge in [-0.15, -0.1) is 0 Å². The maximum Gasteiger partial charge on any atom is 0.220 e. The number of nitrogens with one attached hydrogen (secondary N) is 2. The maximum atomic E-state index is 11.4. The van der Waals surface area contributed by atoms with Crippen LogP contribution in [-0.4, -0.2) is 25.5 Å². The van der Waals surface area contributed by atoms with Crippen LogP contribution in [0.15, 0.2) is 12.2 Å². The van der Waals surface area contributed by atoms with Crippen molar-refractivity contribution in [2.45, 2.75) is 32.6 Å². The molecule has 1 aliphatic heterocycles. The van der Waals surface area contributed by atoms with Crippen molar-refractivity contribution in [2.24, 2.45) is 5.92 Å². The number of hydrogen-bond donors (Lipinski definition) is 2. The smallest absolute Gasteiger partial charge is 0.220 e. The van der Waals surface area contributed by atoms with E-state index in [0.717, 1.165) is 31.0 Å². The van der Waals surface area contributed by atoms with Gasteiger partial charge in [-0.2, -0.15) is 0 Å². The summed E-state index contributed by atoms with van der Waals surface area (Å²) in [5.74, 6) is 0.901. The molecule has 0 bridgehead atoms. The molecule has 0 unspecified atom stereocenters. The lowest BCUT2D eigenvalue weighted by molar-refractivity contribution is -0.121. The molecule has 1 saturated heterocycles. The van der Waals surface area contributed by atoms with Gasteiger partial charge >= 0.3 is 0 Å². The Morgan fingerprint density at radius 2 is 2.13 bits per heavy atom. The number of piperidine rings is 1. The molecule has 0 radical (unpaired) electrons. The van der Waals surface area contributed by atoms with E-state index < -0.39 is 0 Å². The molecule has 0 saturated carbocycles. The first-order chi connectivity index (χ1) is 7.18. The molecule has 3 heteroatoms. The van der Waals surface area contributed by atoms with E-state index in [2.05, 4.69) is 17.2 Å². The number of amides is 1. The zero-order valence-electron chi connectivity index (χ0n) is 9.64. The predicted molar refractivity (Wildman–Crippen MR) is 62.7 cm³/mol. The quantitative estimate of drug-likeness (QED) is 0.674. The molecule has 1 amide bonds. The average molecular weight is 210 g/mol. The van der Waals surface area contributed by atoms with Crippen LogP contribution in [-0.2, 0) is 4.79 Å². The molecule has 0 aromatic heterocycles. The molecular formula is C12H22N2O. The van der Waals surface area contributed by atoms with Crippen molar-refractivity contribution in [1.82, 2.24) is 10.6 Å². The minimum atomic E-state index is 0.163. The molecule has 1 rings (SSSR count). The van der Waals surface area contributed by atoms with Crippen LogP contribution in [0.5, 0.6) is 0 Å². The topological polar surface area (TPSA) is 41.1 Å². The van der Waals surface area contributed by atoms with Crippen molar-refractivity contribution in [3.63, 3.8) is 0 Å². The molecule has 3 nitrogen and oxygen atoms in total. The zero-order chi connectivity index (χ0) is 11.1. The van der Waals surface area contributed by atoms with Gasteiger partial charge in [0.15, 0.2) is 0 Å². The van der Waals surface area contributed by atoms with E-state index in [4.69, 9.17) is 0 Å². The summed E-state index contributed by atoms with van der Waals surface area (Å²) in [7, 11) is 0. The molecule has 1 fully saturated rings. The summed E-state index contributed by atoms with van der Waals surface area (Å²) in [4.78, 5) is 11.4. The third kappa shape index (κ3) is 5.57. The van der Waals surface area contributed by atoms with E-state index in [1.165, 1.54) is 12.8 Å². The Hall–Kier alpha value is -0.830. The summed E-state index contributed by atoms with van der Waals surface area (Å²) < 4.78 is 0. The first kappa shape index (κ1) is 12.2. The van der Waals surface area contributed by atoms with Gasteiger partial charge < -0.3 is 10.6 Å². The monoisotopic (exact) mass is 210 g/mol. The van der Waals surface area contributed by atoms with Gasteiger partial charge in [0.2, 0.25) is 5.91 Å². The Morgan fingerprint density at radius 1 is 1.47 bits per heavy atom. The minimum Gasteiger partial charge on any atom is -0.352 e. The van der Waals surface area contributed by atoms with Crippen molar-refractivity contribution >= 4 is 5.91 Å². The number of carbonyl (C=O) groups excluding carboxylic acids is 1. The van der Waals surface area contributed by atoms with Crippen LogP contribution in [0.4, 0.5) is 0 Å². The molecule has 0 aliphatic carbocycles. The van der Waals surface area contributed by atoms with Crippen LogP contribution in [0.25, 0.3) is 0 Å². The van der Waals surface area contributed by atoms with E-state index in [0.29, 0.717) is 13.0 Å². The van der Waals surface area contributed by atoms with E-state index in [9.17, 15) is 4.79 Å². The molecule has 0 aromatic rings. The summed E-state index contributed by atoms with van der Waals surface area (Å²) in [6.45, 7) is 8.51. The first-order valence-corrected chi connectivity index (χ1v) is 5.80. The van der Waals surface area contributed by atoms with Crippen LogP contribution >= 0.6 is 0 Å². The second-order valence-corrected chi connectivity index (χ2v) is 4.47. The summed E-state index contributed by atoms with van der Waals surface area (Å²) in [5, 5.41) is 6.20. The minimum absolute atomic E-state index is 0.163. The van der Waals surface area contributed by atoms with Crippen molar-refractivity contribution in [2.75, 3.05) is 19.6 Å². The largest absolute Gasteiger partial charge is 0.352 e. The van der Waals surface area contributed by atoms with Crippen molar-refractivity contribution in [1.29, 1.82) is 0 Å². The van der Waals surface area contributed by atoms with Crippen LogP contribution < -0.4 is 10.6 Å². The van der Waals surface area contributed by atoms with E-state index in [1.54, 1.807) is 0 Å². The highest BCUT2D eigenvalue weighted by molar-refractivity contribution is 5.76. The fourth-order valence-corrected chi connectivity index (χ4v) is 1.84. The standard InChI is InChI=1S/C12H22N2O/c1-10(2)9-14-12(15)4-3-11-5-7-13-8-6-11/h11,13H,1,3-9H2,2H3,(H,14,15). The molecule has 2 N–H and O–H groups in total. The van der Waals surface area contributed by atoms with Crippen LogP contribution in [0.3, 0.4) is 0 Å². The Kier molecular flexibility index (Phi) is 5.40. The normalized spacial score (nSPS) is 17.4. The summed E-state index contributed by atoms with van der Waals surface area (Å²) >= 11 is 0. The van der Waals surface area contributed by atoms with Crippen LogP contribution in [0.1, 0.15) is 32.6 Å². The molecule has 1 heterocycles. The van der Waals surface area contributed by atoms with Crippen molar-refractivity contribution in [3.05, 3.63) is 12.2 Å². The van der Waals surface area contributed by atoms with Gasteiger partial charge in [-0.3, -0.25) is 4.79 Å². The third-order valence-corrected chi connectivity index (χ3v) is 2.83. The number of carbonyl (C=O) groups is 1. The molecule has 15 heavy (non-hydrogen) atoms. The van der Waals surface area contributed by atoms with E-state index in [-0.39, 0.29) is 5.91 Å². The highest BCUT2D eigenvalue weighted by Gasteiger charge is 2.14. The SMILES string of the molecule is C=C(C)CNC(=O)CCC1CCNCC1. The third-order valence-electron chi connectivity index (χ3n) is 2.83. The van der Waals surface area contributed by atoms with E-state index in [1.807, 2.05) is 6.92 Å². The van der Waals surface area contributed by atoms with Gasteiger partial charge in [-0.1, -0.05) is 12.2 Å². The van der Waals surface area contributed by atoms with Gasteiger partial charge in [0.1, 0.15) is 0 Å². The second-order valence-electron chi connectivity index (χ2n) is 4.47. The van der Waals surface area contributed by atoms with Gasteiger partial charge in [-0.05, 0) is 45.2 Å². The zero-order valence-corrected chi connectivity index (χ0v) is 9.64. The van der Waals surface area contributed by atoms with Crippen LogP contribution in [0.2, 0.25) is 0 Å². The maximum absolute atomic E-state index is 11.4. The van der Waals surface area contributed by atoms with Gasteiger partial charge in [0.25, 0.3) is 0 Å². The lowest BCUT2D eigenvalue weighted by Crippen LogP contribution is -2.29. The van der Waals surface area contributed by atoms with Gasteiger partial charge in [0.05, 0.1) is 0 Å². The second kappa shape index (κ2) is 6.62. The molecule has 0 aromatic carbocycles.